The Morgan fingerprint density at radius 2 is 2.00 bits per heavy atom. The summed E-state index contributed by atoms with van der Waals surface area (Å²) in [7, 11) is 0. The van der Waals surface area contributed by atoms with Gasteiger partial charge in [0.25, 0.3) is 5.91 Å². The van der Waals surface area contributed by atoms with Gasteiger partial charge >= 0.3 is 0 Å². The highest BCUT2D eigenvalue weighted by molar-refractivity contribution is 9.10. The third-order valence-corrected chi connectivity index (χ3v) is 6.55. The molecule has 1 aromatic carbocycles. The van der Waals surface area contributed by atoms with Crippen LogP contribution in [0.25, 0.3) is 0 Å². The standard InChI is InChI=1S/C22H23BrN2O2S/c1-15-13-18(22(28-15)24-21(26)19-9-6-12-27-19)20(25-10-3-2-4-11-25)16-7-5-8-17(23)14-16/h5-9,12-14,20H,2-4,10-11H2,1H3,(H,24,26)/t20-/m0/s1. The summed E-state index contributed by atoms with van der Waals surface area (Å²) in [6.07, 6.45) is 5.23. The lowest BCUT2D eigenvalue weighted by atomic mass is 9.96. The zero-order chi connectivity index (χ0) is 19.5. The van der Waals surface area contributed by atoms with E-state index >= 15 is 0 Å². The Bertz CT molecular complexity index is 945. The number of anilines is 1. The fraction of sp³-hybridized carbons (Fsp3) is 0.318. The van der Waals surface area contributed by atoms with Crippen LogP contribution in [0.1, 0.15) is 51.9 Å². The number of nitrogens with zero attached hydrogens (tertiary/aromatic N) is 1. The summed E-state index contributed by atoms with van der Waals surface area (Å²) in [5.74, 6) is 0.119. The number of piperidine rings is 1. The highest BCUT2D eigenvalue weighted by Gasteiger charge is 2.28. The van der Waals surface area contributed by atoms with Crippen molar-refractivity contribution in [3.05, 3.63) is 75.0 Å². The number of carbonyl (C=O) groups is 1. The average molecular weight is 459 g/mol. The zero-order valence-electron chi connectivity index (χ0n) is 15.8. The lowest BCUT2D eigenvalue weighted by Crippen LogP contribution is -2.34. The number of hydrogen-bond donors (Lipinski definition) is 1. The van der Waals surface area contributed by atoms with Crippen molar-refractivity contribution >= 4 is 38.2 Å². The minimum absolute atomic E-state index is 0.120. The van der Waals surface area contributed by atoms with Crippen LogP contribution in [0.3, 0.4) is 0 Å². The van der Waals surface area contributed by atoms with Crippen molar-refractivity contribution in [2.24, 2.45) is 0 Å². The predicted molar refractivity (Wildman–Crippen MR) is 117 cm³/mol. The van der Waals surface area contributed by atoms with Crippen LogP contribution >= 0.6 is 27.3 Å². The first-order chi connectivity index (χ1) is 13.6. The number of thiophene rings is 1. The van der Waals surface area contributed by atoms with E-state index in [0.717, 1.165) is 28.1 Å². The van der Waals surface area contributed by atoms with Crippen molar-refractivity contribution in [3.63, 3.8) is 0 Å². The molecular formula is C22H23BrN2O2S. The molecule has 0 unspecified atom stereocenters. The molecule has 2 aromatic heterocycles. The molecule has 0 bridgehead atoms. The molecule has 1 saturated heterocycles. The third kappa shape index (κ3) is 4.24. The first-order valence-corrected chi connectivity index (χ1v) is 11.2. The summed E-state index contributed by atoms with van der Waals surface area (Å²) in [4.78, 5) is 16.3. The van der Waals surface area contributed by atoms with Gasteiger partial charge in [-0.15, -0.1) is 11.3 Å². The Labute approximate surface area is 177 Å². The smallest absolute Gasteiger partial charge is 0.291 e. The molecule has 4 nitrogen and oxygen atoms in total. The minimum atomic E-state index is -0.209. The minimum Gasteiger partial charge on any atom is -0.459 e. The van der Waals surface area contributed by atoms with Crippen LogP contribution in [0.15, 0.2) is 57.6 Å². The van der Waals surface area contributed by atoms with Crippen LogP contribution < -0.4 is 5.32 Å². The molecule has 3 heterocycles. The van der Waals surface area contributed by atoms with Gasteiger partial charge in [0.1, 0.15) is 5.00 Å². The molecule has 3 aromatic rings. The van der Waals surface area contributed by atoms with Crippen molar-refractivity contribution in [2.45, 2.75) is 32.2 Å². The zero-order valence-corrected chi connectivity index (χ0v) is 18.2. The molecule has 0 aliphatic carbocycles. The quantitative estimate of drug-likeness (QED) is 0.491. The largest absolute Gasteiger partial charge is 0.459 e. The van der Waals surface area contributed by atoms with Crippen LogP contribution in [0.5, 0.6) is 0 Å². The SMILES string of the molecule is Cc1cc([C@H](c2cccc(Br)c2)N2CCCCC2)c(NC(=O)c2ccco2)s1. The second kappa shape index (κ2) is 8.64. The summed E-state index contributed by atoms with van der Waals surface area (Å²) in [6, 6.07) is 14.2. The van der Waals surface area contributed by atoms with E-state index in [1.165, 1.54) is 36.0 Å². The summed E-state index contributed by atoms with van der Waals surface area (Å²) in [5.41, 5.74) is 2.39. The number of halogens is 1. The number of nitrogens with one attached hydrogen (secondary N) is 1. The van der Waals surface area contributed by atoms with Gasteiger partial charge in [-0.05, 0) is 68.8 Å². The molecule has 1 fully saturated rings. The Morgan fingerprint density at radius 1 is 1.18 bits per heavy atom. The van der Waals surface area contributed by atoms with Crippen LogP contribution in [0.2, 0.25) is 0 Å². The van der Waals surface area contributed by atoms with E-state index in [4.69, 9.17) is 4.42 Å². The van der Waals surface area contributed by atoms with E-state index in [1.54, 1.807) is 23.5 Å². The fourth-order valence-electron chi connectivity index (χ4n) is 3.85. The number of hydrogen-bond acceptors (Lipinski definition) is 4. The average Bonchev–Trinajstić information content (AvgIpc) is 3.34. The fourth-order valence-corrected chi connectivity index (χ4v) is 5.20. The van der Waals surface area contributed by atoms with E-state index in [-0.39, 0.29) is 11.9 Å². The molecule has 4 rings (SSSR count). The van der Waals surface area contributed by atoms with Crippen molar-refractivity contribution in [3.8, 4) is 0 Å². The lowest BCUT2D eigenvalue weighted by Gasteiger charge is -2.35. The molecule has 146 valence electrons. The molecule has 0 saturated carbocycles. The number of furan rings is 1. The van der Waals surface area contributed by atoms with E-state index in [2.05, 4.69) is 63.4 Å². The van der Waals surface area contributed by atoms with Crippen LogP contribution in [-0.4, -0.2) is 23.9 Å². The van der Waals surface area contributed by atoms with Gasteiger partial charge in [0.15, 0.2) is 5.76 Å². The first-order valence-electron chi connectivity index (χ1n) is 9.56. The number of likely N-dealkylation sites (tertiary alicyclic amines) is 1. The Hall–Kier alpha value is -1.89. The van der Waals surface area contributed by atoms with Crippen LogP contribution in [-0.2, 0) is 0 Å². The number of amides is 1. The molecule has 0 spiro atoms. The Kier molecular flexibility index (Phi) is 5.99. The third-order valence-electron chi connectivity index (χ3n) is 5.07. The van der Waals surface area contributed by atoms with Crippen LogP contribution in [0, 0.1) is 6.92 Å². The molecule has 0 radical (unpaired) electrons. The second-order valence-electron chi connectivity index (χ2n) is 7.13. The normalized spacial score (nSPS) is 16.1. The van der Waals surface area contributed by atoms with Crippen molar-refractivity contribution in [2.75, 3.05) is 18.4 Å². The topological polar surface area (TPSA) is 45.5 Å². The number of carbonyl (C=O) groups excluding carboxylic acids is 1. The molecule has 1 amide bonds. The van der Waals surface area contributed by atoms with E-state index in [0.29, 0.717) is 5.76 Å². The Balaban J connectivity index is 1.72. The first kappa shape index (κ1) is 19.4. The highest BCUT2D eigenvalue weighted by atomic mass is 79.9. The van der Waals surface area contributed by atoms with Gasteiger partial charge in [0.05, 0.1) is 12.3 Å². The molecule has 6 heteroatoms. The van der Waals surface area contributed by atoms with Crippen molar-refractivity contribution in [1.82, 2.24) is 4.90 Å². The van der Waals surface area contributed by atoms with Gasteiger partial charge in [0.2, 0.25) is 0 Å². The number of rotatable bonds is 5. The van der Waals surface area contributed by atoms with Crippen molar-refractivity contribution < 1.29 is 9.21 Å². The summed E-state index contributed by atoms with van der Waals surface area (Å²) < 4.78 is 6.34. The maximum Gasteiger partial charge on any atom is 0.291 e. The van der Waals surface area contributed by atoms with Gasteiger partial charge in [-0.3, -0.25) is 9.69 Å². The molecule has 1 aliphatic rings. The molecular weight excluding hydrogens is 436 g/mol. The molecule has 1 aliphatic heterocycles. The van der Waals surface area contributed by atoms with Gasteiger partial charge < -0.3 is 9.73 Å². The highest BCUT2D eigenvalue weighted by Crippen LogP contribution is 2.40. The van der Waals surface area contributed by atoms with Gasteiger partial charge in [-0.1, -0.05) is 34.5 Å². The maximum atomic E-state index is 12.6. The molecule has 1 atom stereocenters. The second-order valence-corrected chi connectivity index (χ2v) is 9.30. The predicted octanol–water partition coefficient (Wildman–Crippen LogP) is 6.24. The van der Waals surface area contributed by atoms with Gasteiger partial charge in [-0.2, -0.15) is 0 Å². The summed E-state index contributed by atoms with van der Waals surface area (Å²) in [6.45, 7) is 4.22. The Morgan fingerprint density at radius 3 is 2.71 bits per heavy atom. The monoisotopic (exact) mass is 458 g/mol. The number of aryl methyl sites for hydroxylation is 1. The van der Waals surface area contributed by atoms with Gasteiger partial charge in [0, 0.05) is 14.9 Å². The molecule has 28 heavy (non-hydrogen) atoms. The van der Waals surface area contributed by atoms with Crippen LogP contribution in [0.4, 0.5) is 5.00 Å². The maximum absolute atomic E-state index is 12.6. The number of benzene rings is 1. The lowest BCUT2D eigenvalue weighted by molar-refractivity contribution is 0.0996. The van der Waals surface area contributed by atoms with E-state index < -0.39 is 0 Å². The molecule has 1 N–H and O–H groups in total. The van der Waals surface area contributed by atoms with Gasteiger partial charge in [-0.25, -0.2) is 0 Å². The van der Waals surface area contributed by atoms with Crippen molar-refractivity contribution in [1.29, 1.82) is 0 Å². The summed E-state index contributed by atoms with van der Waals surface area (Å²) >= 11 is 5.24. The van der Waals surface area contributed by atoms with E-state index in [1.807, 2.05) is 0 Å². The van der Waals surface area contributed by atoms with E-state index in [9.17, 15) is 4.79 Å². The summed E-state index contributed by atoms with van der Waals surface area (Å²) in [5, 5.41) is 3.98.